The lowest BCUT2D eigenvalue weighted by Crippen LogP contribution is -2.30. The first-order valence-electron chi connectivity index (χ1n) is 14.8. The summed E-state index contributed by atoms with van der Waals surface area (Å²) in [6.45, 7) is 2.27. The van der Waals surface area contributed by atoms with Crippen LogP contribution in [0.5, 0.6) is 5.75 Å². The molecule has 1 atom stereocenters. The molecule has 0 heterocycles. The zero-order chi connectivity index (χ0) is 33.0. The Kier molecular flexibility index (Phi) is 11.6. The Bertz CT molecular complexity index is 1850. The highest BCUT2D eigenvalue weighted by molar-refractivity contribution is 9.10. The van der Waals surface area contributed by atoms with Crippen LogP contribution in [0.1, 0.15) is 28.4 Å². The van der Waals surface area contributed by atoms with Crippen LogP contribution in [-0.2, 0) is 16.2 Å². The SMILES string of the molecule is CC(Sc1ccc(NC(=O)/C(=C/c2ccc(OCc3ccccc3)cc2)NC(=O)c2ccccc2)cc1)C(=O)Nc1ccccc1Br. The summed E-state index contributed by atoms with van der Waals surface area (Å²) in [6.07, 6.45) is 1.62. The van der Waals surface area contributed by atoms with Crippen molar-refractivity contribution in [3.05, 3.63) is 160 Å². The molecule has 0 bridgehead atoms. The summed E-state index contributed by atoms with van der Waals surface area (Å²) in [6, 6.07) is 40.5. The van der Waals surface area contributed by atoms with E-state index in [1.54, 1.807) is 42.5 Å². The number of halogens is 1. The average Bonchev–Trinajstić information content (AvgIpc) is 3.10. The van der Waals surface area contributed by atoms with E-state index in [-0.39, 0.29) is 16.9 Å². The molecule has 5 aromatic carbocycles. The van der Waals surface area contributed by atoms with Crippen LogP contribution in [0, 0.1) is 0 Å². The Labute approximate surface area is 286 Å². The quantitative estimate of drug-likeness (QED) is 0.0893. The molecule has 236 valence electrons. The molecule has 0 saturated carbocycles. The minimum absolute atomic E-state index is 0.0765. The summed E-state index contributed by atoms with van der Waals surface area (Å²) in [7, 11) is 0. The largest absolute Gasteiger partial charge is 0.489 e. The molecule has 5 aromatic rings. The van der Waals surface area contributed by atoms with Crippen molar-refractivity contribution < 1.29 is 19.1 Å². The van der Waals surface area contributed by atoms with Gasteiger partial charge in [0.25, 0.3) is 11.8 Å². The smallest absolute Gasteiger partial charge is 0.272 e. The van der Waals surface area contributed by atoms with Gasteiger partial charge in [0.05, 0.1) is 10.9 Å². The highest BCUT2D eigenvalue weighted by atomic mass is 79.9. The van der Waals surface area contributed by atoms with E-state index in [2.05, 4.69) is 31.9 Å². The van der Waals surface area contributed by atoms with Crippen molar-refractivity contribution in [3.63, 3.8) is 0 Å². The fourth-order valence-corrected chi connectivity index (χ4v) is 5.63. The third kappa shape index (κ3) is 9.93. The number of nitrogens with one attached hydrogen (secondary N) is 3. The molecule has 7 nitrogen and oxygen atoms in total. The van der Waals surface area contributed by atoms with Crippen LogP contribution in [0.3, 0.4) is 0 Å². The maximum atomic E-state index is 13.5. The van der Waals surface area contributed by atoms with Crippen LogP contribution < -0.4 is 20.7 Å². The molecule has 0 spiro atoms. The number of ether oxygens (including phenoxy) is 1. The van der Waals surface area contributed by atoms with Gasteiger partial charge in [-0.3, -0.25) is 14.4 Å². The van der Waals surface area contributed by atoms with Crippen molar-refractivity contribution >= 4 is 62.9 Å². The van der Waals surface area contributed by atoms with E-state index in [0.717, 1.165) is 14.9 Å². The number of hydrogen-bond donors (Lipinski definition) is 3. The van der Waals surface area contributed by atoms with E-state index in [4.69, 9.17) is 4.74 Å². The number of hydrogen-bond acceptors (Lipinski definition) is 5. The fourth-order valence-electron chi connectivity index (χ4n) is 4.38. The number of thioether (sulfide) groups is 1. The third-order valence-corrected chi connectivity index (χ3v) is 8.70. The molecule has 5 rings (SSSR count). The zero-order valence-electron chi connectivity index (χ0n) is 25.5. The lowest BCUT2D eigenvalue weighted by molar-refractivity contribution is -0.115. The third-order valence-electron chi connectivity index (χ3n) is 6.89. The molecule has 1 unspecified atom stereocenters. The Balaban J connectivity index is 1.25. The van der Waals surface area contributed by atoms with Crippen LogP contribution in [0.25, 0.3) is 6.08 Å². The van der Waals surface area contributed by atoms with E-state index in [1.807, 2.05) is 104 Å². The Morgan fingerprint density at radius 3 is 2.09 bits per heavy atom. The van der Waals surface area contributed by atoms with Crippen LogP contribution in [0.4, 0.5) is 11.4 Å². The van der Waals surface area contributed by atoms with Crippen molar-refractivity contribution in [2.45, 2.75) is 23.7 Å². The van der Waals surface area contributed by atoms with E-state index in [0.29, 0.717) is 34.9 Å². The normalized spacial score (nSPS) is 11.7. The number of anilines is 2. The van der Waals surface area contributed by atoms with Gasteiger partial charge in [-0.15, -0.1) is 11.8 Å². The first kappa shape index (κ1) is 33.2. The highest BCUT2D eigenvalue weighted by Crippen LogP contribution is 2.27. The maximum absolute atomic E-state index is 13.5. The Morgan fingerprint density at radius 1 is 0.766 bits per heavy atom. The van der Waals surface area contributed by atoms with Gasteiger partial charge < -0.3 is 20.7 Å². The van der Waals surface area contributed by atoms with Gasteiger partial charge in [-0.1, -0.05) is 72.8 Å². The number of para-hydroxylation sites is 1. The molecule has 0 aliphatic carbocycles. The zero-order valence-corrected chi connectivity index (χ0v) is 27.9. The minimum atomic E-state index is -0.486. The maximum Gasteiger partial charge on any atom is 0.272 e. The number of carbonyl (C=O) groups is 3. The molecule has 0 radical (unpaired) electrons. The molecule has 3 N–H and O–H groups in total. The molecule has 9 heteroatoms. The Hall–Kier alpha value is -5.12. The number of benzene rings is 5. The molecule has 3 amide bonds. The average molecular weight is 707 g/mol. The van der Waals surface area contributed by atoms with Crippen LogP contribution in [-0.4, -0.2) is 23.0 Å². The summed E-state index contributed by atoms with van der Waals surface area (Å²) < 4.78 is 6.69. The van der Waals surface area contributed by atoms with Crippen LogP contribution in [0.15, 0.2) is 149 Å². The predicted octanol–water partition coefficient (Wildman–Crippen LogP) is 8.56. The van der Waals surface area contributed by atoms with Gasteiger partial charge in [0.15, 0.2) is 0 Å². The summed E-state index contributed by atoms with van der Waals surface area (Å²) in [5.74, 6) is -0.335. The van der Waals surface area contributed by atoms with Gasteiger partial charge in [0.2, 0.25) is 5.91 Å². The van der Waals surface area contributed by atoms with Gasteiger partial charge in [0, 0.05) is 20.6 Å². The van der Waals surface area contributed by atoms with Crippen molar-refractivity contribution in [1.82, 2.24) is 5.32 Å². The van der Waals surface area contributed by atoms with E-state index < -0.39 is 11.8 Å². The predicted molar refractivity (Wildman–Crippen MR) is 192 cm³/mol. The summed E-state index contributed by atoms with van der Waals surface area (Å²) in [4.78, 5) is 40.1. The van der Waals surface area contributed by atoms with Crippen LogP contribution >= 0.6 is 27.7 Å². The van der Waals surface area contributed by atoms with Gasteiger partial charge in [-0.2, -0.15) is 0 Å². The molecular weight excluding hydrogens is 674 g/mol. The lowest BCUT2D eigenvalue weighted by atomic mass is 10.1. The second-order valence-corrected chi connectivity index (χ2v) is 12.7. The molecule has 0 fully saturated rings. The van der Waals surface area contributed by atoms with Crippen molar-refractivity contribution in [2.24, 2.45) is 0 Å². The van der Waals surface area contributed by atoms with Gasteiger partial charge in [-0.05, 0) is 101 Å². The minimum Gasteiger partial charge on any atom is -0.489 e. The fraction of sp³-hybridized carbons (Fsp3) is 0.0789. The van der Waals surface area contributed by atoms with Gasteiger partial charge >= 0.3 is 0 Å². The van der Waals surface area contributed by atoms with Gasteiger partial charge in [-0.25, -0.2) is 0 Å². The molecule has 0 aliphatic rings. The number of carbonyl (C=O) groups excluding carboxylic acids is 3. The second-order valence-electron chi connectivity index (χ2n) is 10.4. The first-order valence-corrected chi connectivity index (χ1v) is 16.5. The molecule has 0 aliphatic heterocycles. The highest BCUT2D eigenvalue weighted by Gasteiger charge is 2.17. The Morgan fingerprint density at radius 2 is 1.40 bits per heavy atom. The molecule has 47 heavy (non-hydrogen) atoms. The summed E-state index contributed by atoms with van der Waals surface area (Å²) in [5, 5.41) is 8.21. The number of amides is 3. The standard InChI is InChI=1S/C38H32BrN3O4S/c1-26(36(43)41-34-15-9-8-14-33(34)39)47-32-22-18-30(19-23-32)40-38(45)35(42-37(44)29-12-6-3-7-13-29)24-27-16-20-31(21-17-27)46-25-28-10-4-2-5-11-28/h2-24,26H,25H2,1H3,(H,40,45)(H,41,43)(H,42,44)/b35-24-. The lowest BCUT2D eigenvalue weighted by Gasteiger charge is -2.14. The topological polar surface area (TPSA) is 96.5 Å². The van der Waals surface area contributed by atoms with Crippen molar-refractivity contribution in [3.8, 4) is 5.75 Å². The molecule has 0 aromatic heterocycles. The van der Waals surface area contributed by atoms with Gasteiger partial charge in [0.1, 0.15) is 18.1 Å². The molecular formula is C38H32BrN3O4S. The van der Waals surface area contributed by atoms with Crippen molar-refractivity contribution in [1.29, 1.82) is 0 Å². The van der Waals surface area contributed by atoms with Crippen LogP contribution in [0.2, 0.25) is 0 Å². The number of rotatable bonds is 12. The molecule has 0 saturated heterocycles. The van der Waals surface area contributed by atoms with E-state index >= 15 is 0 Å². The first-order chi connectivity index (χ1) is 22.8. The van der Waals surface area contributed by atoms with E-state index in [1.165, 1.54) is 11.8 Å². The van der Waals surface area contributed by atoms with Crippen molar-refractivity contribution in [2.75, 3.05) is 10.6 Å². The second kappa shape index (κ2) is 16.4. The monoisotopic (exact) mass is 705 g/mol. The summed E-state index contributed by atoms with van der Waals surface area (Å²) in [5.41, 5.74) is 3.51. The summed E-state index contributed by atoms with van der Waals surface area (Å²) >= 11 is 4.85. The van der Waals surface area contributed by atoms with E-state index in [9.17, 15) is 14.4 Å².